The van der Waals surface area contributed by atoms with E-state index in [1.165, 1.54) is 21.0 Å². The maximum atomic E-state index is 12.6. The highest BCUT2D eigenvalue weighted by atomic mass is 32.1. The number of benzene rings is 1. The van der Waals surface area contributed by atoms with Crippen molar-refractivity contribution in [2.24, 2.45) is 5.92 Å². The molecule has 5 nitrogen and oxygen atoms in total. The molecule has 1 atom stereocenters. The Morgan fingerprint density at radius 1 is 1.32 bits per heavy atom. The first-order valence-corrected chi connectivity index (χ1v) is 10.9. The third kappa shape index (κ3) is 4.06. The van der Waals surface area contributed by atoms with E-state index in [2.05, 4.69) is 47.5 Å². The molecule has 2 heterocycles. The first-order chi connectivity index (χ1) is 13.6. The van der Waals surface area contributed by atoms with Gasteiger partial charge in [-0.05, 0) is 42.9 Å². The van der Waals surface area contributed by atoms with Gasteiger partial charge in [-0.2, -0.15) is 5.26 Å². The number of hydrogen-bond acceptors (Lipinski definition) is 4. The lowest BCUT2D eigenvalue weighted by Crippen LogP contribution is -3.15. The van der Waals surface area contributed by atoms with Crippen LogP contribution < -0.4 is 15.1 Å². The summed E-state index contributed by atoms with van der Waals surface area (Å²) in [6.45, 7) is 6.54. The molecule has 1 aliphatic heterocycles. The fourth-order valence-electron chi connectivity index (χ4n) is 4.25. The second kappa shape index (κ2) is 8.34. The van der Waals surface area contributed by atoms with Crippen LogP contribution in [0.1, 0.15) is 29.3 Å². The van der Waals surface area contributed by atoms with E-state index >= 15 is 0 Å². The van der Waals surface area contributed by atoms with Crippen LogP contribution in [0.4, 0.5) is 10.7 Å². The van der Waals surface area contributed by atoms with E-state index in [9.17, 15) is 10.1 Å². The fraction of sp³-hybridized carbons (Fsp3) is 0.455. The van der Waals surface area contributed by atoms with Gasteiger partial charge in [-0.3, -0.25) is 4.79 Å². The van der Waals surface area contributed by atoms with Crippen molar-refractivity contribution in [3.8, 4) is 6.07 Å². The normalized spacial score (nSPS) is 19.7. The van der Waals surface area contributed by atoms with E-state index in [0.717, 1.165) is 50.4 Å². The van der Waals surface area contributed by atoms with E-state index in [-0.39, 0.29) is 5.91 Å². The zero-order valence-electron chi connectivity index (χ0n) is 16.3. The van der Waals surface area contributed by atoms with E-state index in [4.69, 9.17) is 0 Å². The van der Waals surface area contributed by atoms with Crippen LogP contribution in [0.3, 0.4) is 0 Å². The molecular weight excluding hydrogens is 368 g/mol. The lowest BCUT2D eigenvalue weighted by molar-refractivity contribution is -0.892. The summed E-state index contributed by atoms with van der Waals surface area (Å²) in [5.41, 5.74) is 3.12. The van der Waals surface area contributed by atoms with Crippen LogP contribution in [0.2, 0.25) is 0 Å². The number of fused-ring (bicyclic) bond motifs is 1. The lowest BCUT2D eigenvalue weighted by Gasteiger charge is -2.33. The summed E-state index contributed by atoms with van der Waals surface area (Å²) in [6, 6.07) is 12.8. The molecule has 0 unspecified atom stereocenters. The minimum Gasteiger partial charge on any atom is -0.360 e. The Morgan fingerprint density at radius 3 is 2.79 bits per heavy atom. The number of nitrogens with one attached hydrogen (secondary N) is 2. The second-order valence-electron chi connectivity index (χ2n) is 7.97. The summed E-state index contributed by atoms with van der Waals surface area (Å²) in [4.78, 5) is 17.6. The Labute approximate surface area is 170 Å². The minimum atomic E-state index is 0.0197. The quantitative estimate of drug-likeness (QED) is 0.833. The van der Waals surface area contributed by atoms with Gasteiger partial charge >= 0.3 is 0 Å². The number of piperazine rings is 1. The Balaban J connectivity index is 1.34. The number of carbonyl (C=O) groups excluding carboxylic acids is 1. The highest BCUT2D eigenvalue weighted by molar-refractivity contribution is 7.16. The number of quaternary nitrogens is 1. The average Bonchev–Trinajstić information content (AvgIpc) is 3.04. The number of rotatable bonds is 4. The molecule has 0 bridgehead atoms. The summed E-state index contributed by atoms with van der Waals surface area (Å²) in [5.74, 6) is 0.679. The fourth-order valence-corrected chi connectivity index (χ4v) is 5.63. The Kier molecular flexibility index (Phi) is 5.65. The van der Waals surface area contributed by atoms with Gasteiger partial charge in [0.15, 0.2) is 6.54 Å². The molecule has 28 heavy (non-hydrogen) atoms. The molecule has 2 aliphatic rings. The van der Waals surface area contributed by atoms with Gasteiger partial charge in [0.25, 0.3) is 5.91 Å². The molecule has 4 rings (SSSR count). The predicted molar refractivity (Wildman–Crippen MR) is 113 cm³/mol. The number of amides is 1. The van der Waals surface area contributed by atoms with Crippen LogP contribution in [-0.4, -0.2) is 38.6 Å². The molecule has 1 aromatic heterocycles. The second-order valence-corrected chi connectivity index (χ2v) is 9.07. The van der Waals surface area contributed by atoms with Crippen molar-refractivity contribution >= 4 is 27.9 Å². The number of carbonyl (C=O) groups is 1. The minimum absolute atomic E-state index is 0.0197. The molecule has 0 saturated carbocycles. The molecule has 2 aromatic rings. The standard InChI is InChI=1S/C22H26N4OS/c1-16-7-8-18-19(14-23)22(28-20(18)13-16)24-21(27)15-25-9-11-26(12-10-25)17-5-3-2-4-6-17/h2-6,16H,7-13,15H2,1H3,(H,24,27)/p+1/t16-/m1/s1. The third-order valence-electron chi connectivity index (χ3n) is 5.88. The van der Waals surface area contributed by atoms with Crippen molar-refractivity contribution in [2.45, 2.75) is 26.2 Å². The van der Waals surface area contributed by atoms with E-state index in [1.54, 1.807) is 11.3 Å². The van der Waals surface area contributed by atoms with Gasteiger partial charge in [0, 0.05) is 10.6 Å². The monoisotopic (exact) mass is 395 g/mol. The molecule has 1 amide bonds. The van der Waals surface area contributed by atoms with Gasteiger partial charge in [0.05, 0.1) is 31.7 Å². The topological polar surface area (TPSA) is 60.6 Å². The van der Waals surface area contributed by atoms with Crippen molar-refractivity contribution in [1.82, 2.24) is 0 Å². The van der Waals surface area contributed by atoms with Gasteiger partial charge < -0.3 is 15.1 Å². The molecule has 1 aliphatic carbocycles. The van der Waals surface area contributed by atoms with Crippen LogP contribution >= 0.6 is 11.3 Å². The van der Waals surface area contributed by atoms with Gasteiger partial charge in [0.2, 0.25) is 0 Å². The van der Waals surface area contributed by atoms with Gasteiger partial charge in [-0.25, -0.2) is 0 Å². The SMILES string of the molecule is C[C@@H]1CCc2c(sc(NC(=O)C[NH+]3CCN(c4ccccc4)CC3)c2C#N)C1. The Morgan fingerprint density at radius 2 is 2.07 bits per heavy atom. The Bertz CT molecular complexity index is 878. The number of nitrogens with zero attached hydrogens (tertiary/aromatic N) is 2. The summed E-state index contributed by atoms with van der Waals surface area (Å²) >= 11 is 1.61. The van der Waals surface area contributed by atoms with Crippen molar-refractivity contribution in [2.75, 3.05) is 42.9 Å². The molecule has 1 fully saturated rings. The molecule has 1 aromatic carbocycles. The maximum Gasteiger partial charge on any atom is 0.280 e. The molecule has 0 radical (unpaired) electrons. The summed E-state index contributed by atoms with van der Waals surface area (Å²) in [5, 5.41) is 13.4. The number of para-hydroxylation sites is 1. The summed E-state index contributed by atoms with van der Waals surface area (Å²) in [7, 11) is 0. The third-order valence-corrected chi connectivity index (χ3v) is 7.05. The van der Waals surface area contributed by atoms with Crippen LogP contribution in [0.5, 0.6) is 0 Å². The highest BCUT2D eigenvalue weighted by Gasteiger charge is 2.26. The smallest absolute Gasteiger partial charge is 0.280 e. The lowest BCUT2D eigenvalue weighted by atomic mass is 9.89. The zero-order valence-corrected chi connectivity index (χ0v) is 17.1. The highest BCUT2D eigenvalue weighted by Crippen LogP contribution is 2.39. The number of thiophene rings is 1. The molecule has 146 valence electrons. The predicted octanol–water partition coefficient (Wildman–Crippen LogP) is 2.09. The largest absolute Gasteiger partial charge is 0.360 e. The summed E-state index contributed by atoms with van der Waals surface area (Å²) in [6.07, 6.45) is 3.11. The Hall–Kier alpha value is -2.36. The van der Waals surface area contributed by atoms with Crippen molar-refractivity contribution in [3.63, 3.8) is 0 Å². The number of hydrogen-bond donors (Lipinski definition) is 2. The molecule has 0 spiro atoms. The molecule has 1 saturated heterocycles. The van der Waals surface area contributed by atoms with Crippen LogP contribution in [0.15, 0.2) is 30.3 Å². The van der Waals surface area contributed by atoms with Crippen LogP contribution in [0, 0.1) is 17.2 Å². The van der Waals surface area contributed by atoms with Crippen LogP contribution in [-0.2, 0) is 17.6 Å². The summed E-state index contributed by atoms with van der Waals surface area (Å²) < 4.78 is 0. The number of nitriles is 1. The van der Waals surface area contributed by atoms with Crippen molar-refractivity contribution in [1.29, 1.82) is 5.26 Å². The average molecular weight is 396 g/mol. The van der Waals surface area contributed by atoms with Crippen LogP contribution in [0.25, 0.3) is 0 Å². The zero-order chi connectivity index (χ0) is 19.5. The number of anilines is 2. The van der Waals surface area contributed by atoms with E-state index < -0.39 is 0 Å². The van der Waals surface area contributed by atoms with Crippen molar-refractivity contribution in [3.05, 3.63) is 46.3 Å². The van der Waals surface area contributed by atoms with Crippen molar-refractivity contribution < 1.29 is 9.69 Å². The molecule has 2 N–H and O–H groups in total. The van der Waals surface area contributed by atoms with Gasteiger partial charge in [-0.1, -0.05) is 25.1 Å². The maximum absolute atomic E-state index is 12.6. The molecular formula is C22H27N4OS+. The molecule has 6 heteroatoms. The first-order valence-electron chi connectivity index (χ1n) is 10.1. The van der Waals surface area contributed by atoms with Gasteiger partial charge in [0.1, 0.15) is 11.1 Å². The van der Waals surface area contributed by atoms with E-state index in [1.807, 2.05) is 6.07 Å². The van der Waals surface area contributed by atoms with E-state index in [0.29, 0.717) is 18.0 Å². The van der Waals surface area contributed by atoms with Gasteiger partial charge in [-0.15, -0.1) is 11.3 Å². The first kappa shape index (κ1) is 19.0.